The van der Waals surface area contributed by atoms with E-state index in [1.54, 1.807) is 6.07 Å². The van der Waals surface area contributed by atoms with Crippen molar-refractivity contribution in [2.24, 2.45) is 0 Å². The molecule has 0 spiro atoms. The molecule has 2 nitrogen and oxygen atoms in total. The fourth-order valence-corrected chi connectivity index (χ4v) is 2.64. The van der Waals surface area contributed by atoms with E-state index in [2.05, 4.69) is 5.32 Å². The minimum absolute atomic E-state index is 0.00527. The largest absolute Gasteiger partial charge is 0.394 e. The average Bonchev–Trinajstić information content (AvgIpc) is 2.45. The second-order valence-electron chi connectivity index (χ2n) is 4.99. The Morgan fingerprint density at radius 1 is 1.05 bits per heavy atom. The van der Waals surface area contributed by atoms with Gasteiger partial charge in [-0.2, -0.15) is 0 Å². The van der Waals surface area contributed by atoms with Crippen molar-refractivity contribution in [2.45, 2.75) is 19.0 Å². The maximum Gasteiger partial charge on any atom is 0.0652 e. The highest BCUT2D eigenvalue weighted by Gasteiger charge is 2.24. The van der Waals surface area contributed by atoms with Crippen LogP contribution < -0.4 is 5.32 Å². The van der Waals surface area contributed by atoms with Gasteiger partial charge in [-0.3, -0.25) is 0 Å². The van der Waals surface area contributed by atoms with Gasteiger partial charge in [0.25, 0.3) is 0 Å². The zero-order chi connectivity index (χ0) is 14.6. The van der Waals surface area contributed by atoms with Crippen LogP contribution in [0.3, 0.4) is 0 Å². The zero-order valence-electron chi connectivity index (χ0n) is 11.2. The molecule has 0 aliphatic heterocycles. The molecule has 0 amide bonds. The van der Waals surface area contributed by atoms with Gasteiger partial charge in [-0.1, -0.05) is 53.5 Å². The van der Waals surface area contributed by atoms with Crippen LogP contribution in [0.15, 0.2) is 48.5 Å². The normalized spacial score (nSPS) is 14.0. The molecule has 0 aliphatic rings. The SMILES string of the molecule is CC(CO)(NCc1cc(Cl)cc(Cl)c1)c1ccccc1. The van der Waals surface area contributed by atoms with Gasteiger partial charge in [-0.25, -0.2) is 0 Å². The summed E-state index contributed by atoms with van der Waals surface area (Å²) in [5.74, 6) is 0. The second-order valence-corrected chi connectivity index (χ2v) is 5.86. The highest BCUT2D eigenvalue weighted by atomic mass is 35.5. The van der Waals surface area contributed by atoms with E-state index in [1.807, 2.05) is 49.4 Å². The van der Waals surface area contributed by atoms with Crippen LogP contribution in [0.4, 0.5) is 0 Å². The van der Waals surface area contributed by atoms with E-state index < -0.39 is 5.54 Å². The van der Waals surface area contributed by atoms with E-state index in [-0.39, 0.29) is 6.61 Å². The first-order chi connectivity index (χ1) is 9.53. The number of hydrogen-bond donors (Lipinski definition) is 2. The Morgan fingerprint density at radius 2 is 1.65 bits per heavy atom. The summed E-state index contributed by atoms with van der Waals surface area (Å²) in [6, 6.07) is 15.3. The summed E-state index contributed by atoms with van der Waals surface area (Å²) in [6.07, 6.45) is 0. The van der Waals surface area contributed by atoms with Gasteiger partial charge < -0.3 is 10.4 Å². The average molecular weight is 310 g/mol. The third kappa shape index (κ3) is 3.74. The van der Waals surface area contributed by atoms with Crippen LogP contribution >= 0.6 is 23.2 Å². The molecule has 106 valence electrons. The number of hydrogen-bond acceptors (Lipinski definition) is 2. The Balaban J connectivity index is 2.15. The fraction of sp³-hybridized carbons (Fsp3) is 0.250. The van der Waals surface area contributed by atoms with E-state index in [4.69, 9.17) is 23.2 Å². The minimum atomic E-state index is -0.504. The van der Waals surface area contributed by atoms with Gasteiger partial charge in [0.05, 0.1) is 12.1 Å². The summed E-state index contributed by atoms with van der Waals surface area (Å²) >= 11 is 12.0. The molecular formula is C16H17Cl2NO. The molecule has 1 unspecified atom stereocenters. The molecule has 2 rings (SSSR count). The molecule has 20 heavy (non-hydrogen) atoms. The topological polar surface area (TPSA) is 32.3 Å². The number of aliphatic hydroxyl groups excluding tert-OH is 1. The van der Waals surface area contributed by atoms with Gasteiger partial charge in [0.15, 0.2) is 0 Å². The smallest absolute Gasteiger partial charge is 0.0652 e. The van der Waals surface area contributed by atoms with Crippen molar-refractivity contribution in [3.8, 4) is 0 Å². The van der Waals surface area contributed by atoms with Gasteiger partial charge >= 0.3 is 0 Å². The van der Waals surface area contributed by atoms with E-state index in [0.29, 0.717) is 16.6 Å². The molecule has 0 saturated carbocycles. The van der Waals surface area contributed by atoms with Crippen LogP contribution in [0.25, 0.3) is 0 Å². The Morgan fingerprint density at radius 3 is 2.20 bits per heavy atom. The van der Waals surface area contributed by atoms with Crippen molar-refractivity contribution >= 4 is 23.2 Å². The first-order valence-corrected chi connectivity index (χ1v) is 7.15. The Bertz CT molecular complexity index is 554. The Kier molecular flexibility index (Phi) is 5.06. The third-order valence-corrected chi connectivity index (χ3v) is 3.77. The Labute approximate surface area is 129 Å². The van der Waals surface area contributed by atoms with Crippen LogP contribution in [0.2, 0.25) is 10.0 Å². The van der Waals surface area contributed by atoms with E-state index in [1.165, 1.54) is 0 Å². The molecule has 0 saturated heterocycles. The van der Waals surface area contributed by atoms with Crippen molar-refractivity contribution < 1.29 is 5.11 Å². The van der Waals surface area contributed by atoms with Crippen LogP contribution in [0, 0.1) is 0 Å². The molecule has 2 aromatic carbocycles. The van der Waals surface area contributed by atoms with Crippen molar-refractivity contribution in [1.29, 1.82) is 0 Å². The number of benzene rings is 2. The number of aliphatic hydroxyl groups is 1. The van der Waals surface area contributed by atoms with Crippen LogP contribution in [-0.2, 0) is 12.1 Å². The predicted molar refractivity (Wildman–Crippen MR) is 84.2 cm³/mol. The maximum atomic E-state index is 9.71. The zero-order valence-corrected chi connectivity index (χ0v) is 12.7. The van der Waals surface area contributed by atoms with E-state index >= 15 is 0 Å². The van der Waals surface area contributed by atoms with E-state index in [0.717, 1.165) is 11.1 Å². The number of nitrogens with one attached hydrogen (secondary N) is 1. The van der Waals surface area contributed by atoms with Gasteiger partial charge in [0, 0.05) is 16.6 Å². The van der Waals surface area contributed by atoms with Crippen molar-refractivity contribution in [1.82, 2.24) is 5.32 Å². The first kappa shape index (κ1) is 15.3. The quantitative estimate of drug-likeness (QED) is 0.875. The molecule has 0 bridgehead atoms. The minimum Gasteiger partial charge on any atom is -0.394 e. The number of halogens is 2. The van der Waals surface area contributed by atoms with Gasteiger partial charge in [-0.15, -0.1) is 0 Å². The van der Waals surface area contributed by atoms with Crippen molar-refractivity contribution in [3.05, 3.63) is 69.7 Å². The fourth-order valence-electron chi connectivity index (χ4n) is 2.07. The first-order valence-electron chi connectivity index (χ1n) is 6.40. The monoisotopic (exact) mass is 309 g/mol. The molecule has 2 N–H and O–H groups in total. The van der Waals surface area contributed by atoms with Gasteiger partial charge in [0.1, 0.15) is 0 Å². The number of rotatable bonds is 5. The predicted octanol–water partition coefficient (Wildman–Crippen LogP) is 3.99. The molecule has 0 aliphatic carbocycles. The molecule has 0 radical (unpaired) electrons. The molecule has 1 atom stereocenters. The van der Waals surface area contributed by atoms with E-state index in [9.17, 15) is 5.11 Å². The molecule has 0 aromatic heterocycles. The lowest BCUT2D eigenvalue weighted by Gasteiger charge is -2.29. The standard InChI is InChI=1S/C16H17Cl2NO/c1-16(11-20,13-5-3-2-4-6-13)19-10-12-7-14(17)9-15(18)8-12/h2-9,19-20H,10-11H2,1H3. The Hall–Kier alpha value is -1.06. The third-order valence-electron chi connectivity index (χ3n) is 3.33. The van der Waals surface area contributed by atoms with Crippen molar-refractivity contribution in [2.75, 3.05) is 6.61 Å². The molecule has 4 heteroatoms. The van der Waals surface area contributed by atoms with Crippen LogP contribution in [0.5, 0.6) is 0 Å². The van der Waals surface area contributed by atoms with Crippen molar-refractivity contribution in [3.63, 3.8) is 0 Å². The second kappa shape index (κ2) is 6.59. The lowest BCUT2D eigenvalue weighted by Crippen LogP contribution is -2.42. The molecule has 0 fully saturated rings. The highest BCUT2D eigenvalue weighted by Crippen LogP contribution is 2.23. The molecule has 2 aromatic rings. The summed E-state index contributed by atoms with van der Waals surface area (Å²) in [4.78, 5) is 0. The van der Waals surface area contributed by atoms with Crippen LogP contribution in [0.1, 0.15) is 18.1 Å². The summed E-state index contributed by atoms with van der Waals surface area (Å²) in [5.41, 5.74) is 1.52. The van der Waals surface area contributed by atoms with Gasteiger partial charge in [0.2, 0.25) is 0 Å². The van der Waals surface area contributed by atoms with Crippen LogP contribution in [-0.4, -0.2) is 11.7 Å². The molecule has 0 heterocycles. The lowest BCUT2D eigenvalue weighted by atomic mass is 9.92. The summed E-state index contributed by atoms with van der Waals surface area (Å²) in [5, 5.41) is 14.3. The summed E-state index contributed by atoms with van der Waals surface area (Å²) < 4.78 is 0. The van der Waals surface area contributed by atoms with Gasteiger partial charge in [-0.05, 0) is 36.2 Å². The highest BCUT2D eigenvalue weighted by molar-refractivity contribution is 6.34. The maximum absolute atomic E-state index is 9.71. The summed E-state index contributed by atoms with van der Waals surface area (Å²) in [6.45, 7) is 2.55. The lowest BCUT2D eigenvalue weighted by molar-refractivity contribution is 0.173. The molecular weight excluding hydrogens is 293 g/mol. The summed E-state index contributed by atoms with van der Waals surface area (Å²) in [7, 11) is 0.